The summed E-state index contributed by atoms with van der Waals surface area (Å²) in [7, 11) is -1.47. The molecule has 0 radical (unpaired) electrons. The zero-order chi connectivity index (χ0) is 30.7. The van der Waals surface area contributed by atoms with Gasteiger partial charge in [-0.05, 0) is 79.8 Å². The van der Waals surface area contributed by atoms with Gasteiger partial charge in [-0.3, -0.25) is 18.8 Å². The Morgan fingerprint density at radius 1 is 1.00 bits per heavy atom. The number of nitrogens with one attached hydrogen (secondary N) is 2. The predicted octanol–water partition coefficient (Wildman–Crippen LogP) is 5.24. The van der Waals surface area contributed by atoms with Gasteiger partial charge in [-0.15, -0.1) is 10.8 Å². The molecule has 1 unspecified atom stereocenters. The summed E-state index contributed by atoms with van der Waals surface area (Å²) in [5.74, 6) is -1.66. The highest BCUT2D eigenvalue weighted by Gasteiger charge is 2.41. The topological polar surface area (TPSA) is 125 Å². The summed E-state index contributed by atoms with van der Waals surface area (Å²) in [4.78, 5) is 27.2. The lowest BCUT2D eigenvalue weighted by atomic mass is 9.83. The molecule has 12 heteroatoms. The number of rotatable bonds is 9. The fraction of sp³-hybridized carbons (Fsp3) is 0.548. The van der Waals surface area contributed by atoms with Crippen molar-refractivity contribution < 1.29 is 32.6 Å². The van der Waals surface area contributed by atoms with E-state index in [0.717, 1.165) is 49.8 Å². The average Bonchev–Trinajstić information content (AvgIpc) is 3.37. The van der Waals surface area contributed by atoms with E-state index >= 15 is 0 Å². The maximum absolute atomic E-state index is 14.0. The number of halogens is 2. The molecule has 5 rings (SSSR count). The number of hydrogen-bond acceptors (Lipinski definition) is 6. The third-order valence-corrected chi connectivity index (χ3v) is 11.4. The van der Waals surface area contributed by atoms with E-state index in [1.54, 1.807) is 0 Å². The van der Waals surface area contributed by atoms with Gasteiger partial charge < -0.3 is 15.7 Å². The van der Waals surface area contributed by atoms with Crippen LogP contribution >= 0.6 is 10.8 Å². The van der Waals surface area contributed by atoms with Gasteiger partial charge in [-0.1, -0.05) is 30.7 Å². The molecule has 3 fully saturated rings. The zero-order valence-corrected chi connectivity index (χ0v) is 25.2. The van der Waals surface area contributed by atoms with Crippen molar-refractivity contribution in [2.45, 2.75) is 75.0 Å². The number of amides is 2. The predicted molar refractivity (Wildman–Crippen MR) is 162 cm³/mol. The van der Waals surface area contributed by atoms with Crippen LogP contribution < -0.4 is 10.6 Å². The van der Waals surface area contributed by atoms with Gasteiger partial charge in [0.1, 0.15) is 17.7 Å². The fourth-order valence-corrected chi connectivity index (χ4v) is 8.95. The summed E-state index contributed by atoms with van der Waals surface area (Å²) >= 11 is 0. The summed E-state index contributed by atoms with van der Waals surface area (Å²) in [5, 5.41) is 16.7. The molecule has 2 bridgehead atoms. The first kappa shape index (κ1) is 31.6. The number of carbonyl (C=O) groups is 2. The van der Waals surface area contributed by atoms with E-state index in [2.05, 4.69) is 10.6 Å². The minimum absolute atomic E-state index is 0.0106. The van der Waals surface area contributed by atoms with Gasteiger partial charge in [-0.2, -0.15) is 0 Å². The highest BCUT2D eigenvalue weighted by molar-refractivity contribution is 8.22. The summed E-state index contributed by atoms with van der Waals surface area (Å²) in [6.07, 6.45) is 4.52. The van der Waals surface area contributed by atoms with E-state index in [1.807, 2.05) is 4.31 Å². The molecule has 2 aromatic rings. The minimum Gasteiger partial charge on any atom is -0.465 e. The Morgan fingerprint density at radius 3 is 2.23 bits per heavy atom. The maximum Gasteiger partial charge on any atom is 0.407 e. The van der Waals surface area contributed by atoms with E-state index in [0.29, 0.717) is 30.0 Å². The Morgan fingerprint density at radius 2 is 1.63 bits per heavy atom. The summed E-state index contributed by atoms with van der Waals surface area (Å²) in [5.41, 5.74) is 1.06. The van der Waals surface area contributed by atoms with Crippen molar-refractivity contribution in [3.63, 3.8) is 0 Å². The maximum atomic E-state index is 14.0. The standard InChI is InChI=1S/C31H42F2N4O5S/c1-36(31(39)40)29(28(21-7-12-23(32)13-8-21)22-9-14-24(33)15-10-22)30(38)35-27-6-2-4-20(27)11-16-26-18-34-25-5-3-17-43(41,42)37(26)19-25/h7-10,12-15,20,25-29,34,41-42H,2-6,11,16-19H2,1H3,(H,35,38)(H,39,40)/t20-,25-,26+,27+,29+/m1/s1. The van der Waals surface area contributed by atoms with Crippen molar-refractivity contribution in [3.8, 4) is 0 Å². The molecule has 2 amide bonds. The van der Waals surface area contributed by atoms with Gasteiger partial charge in [0.25, 0.3) is 0 Å². The largest absolute Gasteiger partial charge is 0.465 e. The number of fused-ring (bicyclic) bond motifs is 2. The van der Waals surface area contributed by atoms with E-state index in [9.17, 15) is 32.6 Å². The molecule has 43 heavy (non-hydrogen) atoms. The molecule has 2 saturated heterocycles. The van der Waals surface area contributed by atoms with Crippen LogP contribution in [0.25, 0.3) is 0 Å². The second-order valence-electron chi connectivity index (χ2n) is 12.1. The quantitative estimate of drug-likeness (QED) is 0.260. The molecular weight excluding hydrogens is 578 g/mol. The van der Waals surface area contributed by atoms with E-state index in [1.165, 1.54) is 55.6 Å². The first-order valence-electron chi connectivity index (χ1n) is 15.1. The van der Waals surface area contributed by atoms with Crippen LogP contribution in [0.2, 0.25) is 0 Å². The van der Waals surface area contributed by atoms with Gasteiger partial charge in [0, 0.05) is 44.2 Å². The van der Waals surface area contributed by atoms with Crippen LogP contribution in [0, 0.1) is 17.6 Å². The Labute approximate surface area is 253 Å². The van der Waals surface area contributed by atoms with E-state index in [-0.39, 0.29) is 24.0 Å². The number of carboxylic acid groups (broad SMARTS) is 1. The molecule has 5 N–H and O–H groups in total. The molecule has 6 atom stereocenters. The molecule has 2 heterocycles. The fourth-order valence-electron chi connectivity index (χ4n) is 7.09. The Bertz CT molecular complexity index is 1220. The van der Waals surface area contributed by atoms with Crippen LogP contribution in [-0.4, -0.2) is 85.5 Å². The summed E-state index contributed by atoms with van der Waals surface area (Å²) < 4.78 is 51.2. The van der Waals surface area contributed by atoms with Crippen molar-refractivity contribution >= 4 is 22.8 Å². The van der Waals surface area contributed by atoms with Crippen LogP contribution in [0.1, 0.15) is 62.0 Å². The highest BCUT2D eigenvalue weighted by Crippen LogP contribution is 2.49. The van der Waals surface area contributed by atoms with E-state index in [4.69, 9.17) is 0 Å². The first-order valence-corrected chi connectivity index (χ1v) is 16.7. The van der Waals surface area contributed by atoms with Crippen LogP contribution in [0.4, 0.5) is 13.6 Å². The lowest BCUT2D eigenvalue weighted by Gasteiger charge is -2.49. The van der Waals surface area contributed by atoms with Gasteiger partial charge >= 0.3 is 6.09 Å². The lowest BCUT2D eigenvalue weighted by molar-refractivity contribution is -0.127. The number of carbonyl (C=O) groups excluding carboxylic acids is 1. The van der Waals surface area contributed by atoms with Gasteiger partial charge in [0.2, 0.25) is 5.91 Å². The first-order chi connectivity index (χ1) is 20.5. The minimum atomic E-state index is -2.80. The number of piperazine rings is 1. The van der Waals surface area contributed by atoms with Crippen molar-refractivity contribution in [2.75, 3.05) is 25.9 Å². The van der Waals surface area contributed by atoms with E-state index < -0.39 is 46.4 Å². The second kappa shape index (κ2) is 13.5. The Hall–Kier alpha value is -2.77. The molecular formula is C31H42F2N4O5S. The van der Waals surface area contributed by atoms with Gasteiger partial charge in [0.15, 0.2) is 0 Å². The number of likely N-dealkylation sites (N-methyl/N-ethyl adjacent to an activating group) is 1. The van der Waals surface area contributed by atoms with Gasteiger partial charge in [0.05, 0.1) is 5.75 Å². The zero-order valence-electron chi connectivity index (χ0n) is 24.4. The van der Waals surface area contributed by atoms with Crippen LogP contribution in [0.5, 0.6) is 0 Å². The molecule has 1 saturated carbocycles. The third-order valence-electron chi connectivity index (χ3n) is 9.42. The van der Waals surface area contributed by atoms with Crippen molar-refractivity contribution in [3.05, 3.63) is 71.3 Å². The molecule has 0 aromatic heterocycles. The molecule has 236 valence electrons. The van der Waals surface area contributed by atoms with Gasteiger partial charge in [-0.25, -0.2) is 17.9 Å². The van der Waals surface area contributed by atoms with Crippen LogP contribution in [0.3, 0.4) is 0 Å². The van der Waals surface area contributed by atoms with Crippen LogP contribution in [-0.2, 0) is 4.79 Å². The monoisotopic (exact) mass is 620 g/mol. The van der Waals surface area contributed by atoms with Crippen LogP contribution in [0.15, 0.2) is 48.5 Å². The summed E-state index contributed by atoms with van der Waals surface area (Å²) in [6, 6.07) is 10.0. The Balaban J connectivity index is 1.34. The SMILES string of the molecule is CN(C(=O)O)[C@H](C(=O)N[C@H]1CCC[C@@H]1CC[C@H]1CN[C@@H]2CCCS(O)(O)N1C2)C(c1ccc(F)cc1)c1ccc(F)cc1. The molecule has 0 spiro atoms. The molecule has 2 aliphatic heterocycles. The number of nitrogens with zero attached hydrogens (tertiary/aromatic N) is 2. The molecule has 1 aliphatic carbocycles. The summed E-state index contributed by atoms with van der Waals surface area (Å²) in [6.45, 7) is 1.31. The van der Waals surface area contributed by atoms with Crippen molar-refractivity contribution in [1.29, 1.82) is 0 Å². The molecule has 3 aliphatic rings. The van der Waals surface area contributed by atoms with Crippen molar-refractivity contribution in [2.24, 2.45) is 5.92 Å². The lowest BCUT2D eigenvalue weighted by Crippen LogP contribution is -2.56. The molecule has 2 aromatic carbocycles. The number of benzene rings is 2. The Kier molecular flexibility index (Phi) is 9.92. The smallest absolute Gasteiger partial charge is 0.407 e. The molecule has 9 nitrogen and oxygen atoms in total. The average molecular weight is 621 g/mol. The number of hydrogen-bond donors (Lipinski definition) is 5. The normalized spacial score (nSPS) is 28.1. The highest BCUT2D eigenvalue weighted by atomic mass is 32.3. The van der Waals surface area contributed by atoms with Crippen molar-refractivity contribution in [1.82, 2.24) is 19.8 Å². The second-order valence-corrected chi connectivity index (χ2v) is 14.3. The third kappa shape index (κ3) is 7.31.